The Morgan fingerprint density at radius 3 is 2.19 bits per heavy atom. The van der Waals surface area contributed by atoms with Gasteiger partial charge in [-0.3, -0.25) is 19.2 Å². The summed E-state index contributed by atoms with van der Waals surface area (Å²) in [5, 5.41) is 29.5. The molecular formula is C31H48N2O9. The molecule has 4 fully saturated rings. The van der Waals surface area contributed by atoms with Crippen LogP contribution in [0.15, 0.2) is 0 Å². The third-order valence-electron chi connectivity index (χ3n) is 11.8. The fourth-order valence-corrected chi connectivity index (χ4v) is 9.58. The van der Waals surface area contributed by atoms with E-state index in [1.165, 1.54) is 25.7 Å². The molecular weight excluding hydrogens is 544 g/mol. The van der Waals surface area contributed by atoms with E-state index >= 15 is 0 Å². The second kappa shape index (κ2) is 12.9. The van der Waals surface area contributed by atoms with E-state index in [0.717, 1.165) is 32.1 Å². The van der Waals surface area contributed by atoms with Gasteiger partial charge in [-0.25, -0.2) is 4.79 Å². The number of carboxylic acids is 3. The molecule has 6 N–H and O–H groups in total. The Labute approximate surface area is 247 Å². The molecule has 0 heterocycles. The van der Waals surface area contributed by atoms with Crippen LogP contribution in [0.1, 0.15) is 104 Å². The zero-order valence-corrected chi connectivity index (χ0v) is 24.9. The van der Waals surface area contributed by atoms with Crippen molar-refractivity contribution in [2.45, 2.75) is 122 Å². The van der Waals surface area contributed by atoms with Gasteiger partial charge in [0, 0.05) is 6.42 Å². The van der Waals surface area contributed by atoms with E-state index in [0.29, 0.717) is 42.4 Å². The molecule has 4 aliphatic rings. The van der Waals surface area contributed by atoms with E-state index in [9.17, 15) is 29.1 Å². The molecule has 0 aromatic heterocycles. The predicted octanol–water partition coefficient (Wildman–Crippen LogP) is 3.57. The maximum atomic E-state index is 13.0. The summed E-state index contributed by atoms with van der Waals surface area (Å²) in [6.07, 6.45) is 9.58. The lowest BCUT2D eigenvalue weighted by molar-refractivity contribution is -0.166. The fraction of sp³-hybridized carbons (Fsp3) is 0.839. The molecule has 0 spiro atoms. The molecule has 236 valence electrons. The van der Waals surface area contributed by atoms with E-state index in [2.05, 4.69) is 19.2 Å². The SMILES string of the molecule is C[C@]12CCC3[C@@H](CC[C@@H]4C[C@@H](OC(=O)[C@H](CC(=O)O)NC(=O)[C@@H](N)CC(=O)O)CC[C@]34C)C1CCC2CCCC(=O)O. The third kappa shape index (κ3) is 6.76. The van der Waals surface area contributed by atoms with Crippen molar-refractivity contribution in [3.05, 3.63) is 0 Å². The summed E-state index contributed by atoms with van der Waals surface area (Å²) in [5.41, 5.74) is 6.02. The van der Waals surface area contributed by atoms with Crippen molar-refractivity contribution in [2.24, 2.45) is 46.2 Å². The summed E-state index contributed by atoms with van der Waals surface area (Å²) in [6.45, 7) is 4.86. The van der Waals surface area contributed by atoms with E-state index in [-0.39, 0.29) is 23.4 Å². The van der Waals surface area contributed by atoms with Gasteiger partial charge in [-0.2, -0.15) is 0 Å². The smallest absolute Gasteiger partial charge is 0.329 e. The highest BCUT2D eigenvalue weighted by atomic mass is 16.5. The first-order valence-electron chi connectivity index (χ1n) is 15.7. The van der Waals surface area contributed by atoms with Crippen LogP contribution in [0.25, 0.3) is 0 Å². The van der Waals surface area contributed by atoms with Crippen molar-refractivity contribution >= 4 is 29.8 Å². The Balaban J connectivity index is 1.36. The molecule has 0 aliphatic heterocycles. The van der Waals surface area contributed by atoms with E-state index < -0.39 is 54.7 Å². The number of fused-ring (bicyclic) bond motifs is 5. The van der Waals surface area contributed by atoms with Crippen LogP contribution < -0.4 is 11.1 Å². The molecule has 0 aromatic rings. The standard InChI is InChI=1S/C31H48N2O9/c1-30-13-11-22-20(21(30)9-7-17(30)4-3-5-25(34)35)8-6-18-14-19(10-12-31(18,22)2)42-29(41)24(16-27(38)39)33-28(40)23(32)15-26(36)37/h17-24H,3-16,32H2,1-2H3,(H,33,40)(H,34,35)(H,36,37)(H,38,39)/t17?,18-,19+,20+,21?,22?,23+,24+,30-,31+/m1/s1. The van der Waals surface area contributed by atoms with Gasteiger partial charge in [0.05, 0.1) is 18.9 Å². The molecule has 0 radical (unpaired) electrons. The quantitative estimate of drug-likeness (QED) is 0.209. The van der Waals surface area contributed by atoms with Gasteiger partial charge in [-0.1, -0.05) is 13.8 Å². The molecule has 0 saturated heterocycles. The zero-order valence-electron chi connectivity index (χ0n) is 24.9. The van der Waals surface area contributed by atoms with Crippen LogP contribution in [0.4, 0.5) is 0 Å². The first kappa shape index (κ1) is 32.2. The van der Waals surface area contributed by atoms with Crippen molar-refractivity contribution in [2.75, 3.05) is 0 Å². The lowest BCUT2D eigenvalue weighted by Gasteiger charge is -2.61. The van der Waals surface area contributed by atoms with E-state index in [1.54, 1.807) is 0 Å². The third-order valence-corrected chi connectivity index (χ3v) is 11.8. The molecule has 11 nitrogen and oxygen atoms in total. The van der Waals surface area contributed by atoms with Crippen LogP contribution >= 0.6 is 0 Å². The Morgan fingerprint density at radius 1 is 0.857 bits per heavy atom. The number of carboxylic acid groups (broad SMARTS) is 3. The molecule has 4 rings (SSSR count). The lowest BCUT2D eigenvalue weighted by Crippen LogP contribution is -2.54. The Morgan fingerprint density at radius 2 is 1.52 bits per heavy atom. The molecule has 4 saturated carbocycles. The van der Waals surface area contributed by atoms with Crippen molar-refractivity contribution in [3.8, 4) is 0 Å². The average molecular weight is 593 g/mol. The largest absolute Gasteiger partial charge is 0.481 e. The zero-order chi connectivity index (χ0) is 30.8. The average Bonchev–Trinajstić information content (AvgIpc) is 3.23. The van der Waals surface area contributed by atoms with Crippen LogP contribution in [0.2, 0.25) is 0 Å². The normalized spacial score (nSPS) is 36.8. The predicted molar refractivity (Wildman–Crippen MR) is 151 cm³/mol. The number of nitrogens with two attached hydrogens (primary N) is 1. The van der Waals surface area contributed by atoms with Gasteiger partial charge in [0.1, 0.15) is 12.1 Å². The Kier molecular flexibility index (Phi) is 9.89. The summed E-state index contributed by atoms with van der Waals surface area (Å²) < 4.78 is 5.78. The highest BCUT2D eigenvalue weighted by Crippen LogP contribution is 2.68. The molecule has 3 unspecified atom stereocenters. The number of carbonyl (C=O) groups excluding carboxylic acids is 2. The minimum atomic E-state index is -1.44. The van der Waals surface area contributed by atoms with Crippen molar-refractivity contribution < 1.29 is 44.0 Å². The number of hydrogen-bond donors (Lipinski definition) is 5. The lowest BCUT2D eigenvalue weighted by atomic mass is 9.44. The van der Waals surface area contributed by atoms with Gasteiger partial charge in [0.15, 0.2) is 0 Å². The number of amides is 1. The van der Waals surface area contributed by atoms with Crippen molar-refractivity contribution in [1.29, 1.82) is 0 Å². The topological polar surface area (TPSA) is 193 Å². The van der Waals surface area contributed by atoms with Crippen molar-refractivity contribution in [3.63, 3.8) is 0 Å². The fourth-order valence-electron chi connectivity index (χ4n) is 9.58. The number of esters is 1. The van der Waals surface area contributed by atoms with Crippen LogP contribution in [-0.4, -0.2) is 63.3 Å². The van der Waals surface area contributed by atoms with Crippen molar-refractivity contribution in [1.82, 2.24) is 5.32 Å². The number of carbonyl (C=O) groups is 5. The molecule has 0 aromatic carbocycles. The maximum Gasteiger partial charge on any atom is 0.329 e. The van der Waals surface area contributed by atoms with E-state index in [1.807, 2.05) is 0 Å². The first-order valence-corrected chi connectivity index (χ1v) is 15.7. The minimum Gasteiger partial charge on any atom is -0.481 e. The van der Waals surface area contributed by atoms with Crippen LogP contribution in [0, 0.1) is 40.4 Å². The summed E-state index contributed by atoms with van der Waals surface area (Å²) in [7, 11) is 0. The highest BCUT2D eigenvalue weighted by molar-refractivity contribution is 5.91. The summed E-state index contributed by atoms with van der Waals surface area (Å²) in [4.78, 5) is 58.6. The molecule has 10 atom stereocenters. The van der Waals surface area contributed by atoms with Gasteiger partial charge < -0.3 is 31.1 Å². The van der Waals surface area contributed by atoms with Gasteiger partial charge in [0.25, 0.3) is 0 Å². The molecule has 1 amide bonds. The number of nitrogens with one attached hydrogen (secondary N) is 1. The Bertz CT molecular complexity index is 1070. The van der Waals surface area contributed by atoms with Gasteiger partial charge in [-0.05, 0) is 111 Å². The highest BCUT2D eigenvalue weighted by Gasteiger charge is 2.60. The second-order valence-corrected chi connectivity index (χ2v) is 14.0. The first-order chi connectivity index (χ1) is 19.7. The minimum absolute atomic E-state index is 0.146. The van der Waals surface area contributed by atoms with E-state index in [4.69, 9.17) is 20.7 Å². The Hall–Kier alpha value is -2.69. The molecule has 11 heteroatoms. The number of rotatable bonds is 12. The summed E-state index contributed by atoms with van der Waals surface area (Å²) in [6, 6.07) is -2.85. The molecule has 4 aliphatic carbocycles. The van der Waals surface area contributed by atoms with Crippen LogP contribution in [0.5, 0.6) is 0 Å². The van der Waals surface area contributed by atoms with Gasteiger partial charge in [-0.15, -0.1) is 0 Å². The number of hydrogen-bond acceptors (Lipinski definition) is 7. The number of ether oxygens (including phenoxy) is 1. The molecule has 42 heavy (non-hydrogen) atoms. The van der Waals surface area contributed by atoms with Gasteiger partial charge >= 0.3 is 23.9 Å². The second-order valence-electron chi connectivity index (χ2n) is 14.0. The summed E-state index contributed by atoms with van der Waals surface area (Å²) in [5.74, 6) is -2.09. The van der Waals surface area contributed by atoms with Gasteiger partial charge in [0.2, 0.25) is 5.91 Å². The van der Waals surface area contributed by atoms with Crippen LogP contribution in [0.3, 0.4) is 0 Å². The van der Waals surface area contributed by atoms with Crippen LogP contribution in [-0.2, 0) is 28.7 Å². The monoisotopic (exact) mass is 592 g/mol. The summed E-state index contributed by atoms with van der Waals surface area (Å²) >= 11 is 0. The maximum absolute atomic E-state index is 13.0. The molecule has 0 bridgehead atoms. The number of aliphatic carboxylic acids is 3.